The number of hydrogen-bond donors (Lipinski definition) is 1. The Labute approximate surface area is 113 Å². The minimum Gasteiger partial charge on any atom is -0.396 e. The quantitative estimate of drug-likeness (QED) is 0.880. The molecule has 2 heterocycles. The van der Waals surface area contributed by atoms with E-state index in [4.69, 9.17) is 10.6 Å². The van der Waals surface area contributed by atoms with Crippen LogP contribution in [0.5, 0.6) is 0 Å². The highest BCUT2D eigenvalue weighted by Gasteiger charge is 2.28. The van der Waals surface area contributed by atoms with Gasteiger partial charge in [-0.3, -0.25) is 4.68 Å². The van der Waals surface area contributed by atoms with Crippen LogP contribution in [0.15, 0.2) is 12.4 Å². The van der Waals surface area contributed by atoms with Crippen LogP contribution in [0.2, 0.25) is 0 Å². The van der Waals surface area contributed by atoms with Crippen molar-refractivity contribution in [3.63, 3.8) is 0 Å². The number of piperidine rings is 1. The second kappa shape index (κ2) is 5.21. The SMILES string of the molecule is CC(C)(C)C(=O)ON1CCC(n2cc(N)cn2)CC1. The molecule has 1 aromatic heterocycles. The van der Waals surface area contributed by atoms with Crippen LogP contribution in [-0.2, 0) is 9.63 Å². The molecule has 6 nitrogen and oxygen atoms in total. The van der Waals surface area contributed by atoms with Gasteiger partial charge in [-0.25, -0.2) is 4.79 Å². The van der Waals surface area contributed by atoms with Crippen LogP contribution in [0.1, 0.15) is 39.7 Å². The minimum atomic E-state index is -0.465. The lowest BCUT2D eigenvalue weighted by molar-refractivity contribution is -0.205. The van der Waals surface area contributed by atoms with Crippen molar-refractivity contribution in [2.75, 3.05) is 18.8 Å². The monoisotopic (exact) mass is 266 g/mol. The Morgan fingerprint density at radius 2 is 2.05 bits per heavy atom. The van der Waals surface area contributed by atoms with Gasteiger partial charge >= 0.3 is 5.97 Å². The molecule has 0 radical (unpaired) electrons. The van der Waals surface area contributed by atoms with E-state index in [0.717, 1.165) is 25.9 Å². The third-order valence-corrected chi connectivity index (χ3v) is 3.24. The summed E-state index contributed by atoms with van der Waals surface area (Å²) in [5.41, 5.74) is 5.88. The van der Waals surface area contributed by atoms with Crippen molar-refractivity contribution in [1.29, 1.82) is 0 Å². The fourth-order valence-electron chi connectivity index (χ4n) is 2.00. The van der Waals surface area contributed by atoms with Gasteiger partial charge in [0, 0.05) is 19.3 Å². The lowest BCUT2D eigenvalue weighted by Crippen LogP contribution is -2.39. The standard InChI is InChI=1S/C13H22N4O2/c1-13(2,3)12(18)19-16-6-4-11(5-7-16)17-9-10(14)8-15-17/h8-9,11H,4-7,14H2,1-3H3. The van der Waals surface area contributed by atoms with E-state index in [1.165, 1.54) is 0 Å². The molecular weight excluding hydrogens is 244 g/mol. The molecule has 0 atom stereocenters. The third kappa shape index (κ3) is 3.47. The van der Waals surface area contributed by atoms with Crippen LogP contribution in [0.25, 0.3) is 0 Å². The highest BCUT2D eigenvalue weighted by Crippen LogP contribution is 2.24. The molecule has 0 spiro atoms. The Morgan fingerprint density at radius 1 is 1.42 bits per heavy atom. The molecule has 1 aliphatic heterocycles. The Morgan fingerprint density at radius 3 is 2.53 bits per heavy atom. The van der Waals surface area contributed by atoms with Gasteiger partial charge < -0.3 is 10.6 Å². The molecular formula is C13H22N4O2. The first-order valence-corrected chi connectivity index (χ1v) is 6.63. The van der Waals surface area contributed by atoms with E-state index >= 15 is 0 Å². The average Bonchev–Trinajstić information content (AvgIpc) is 2.75. The molecule has 6 heteroatoms. The molecule has 0 aliphatic carbocycles. The van der Waals surface area contributed by atoms with Gasteiger partial charge in [0.05, 0.1) is 23.3 Å². The van der Waals surface area contributed by atoms with Crippen LogP contribution in [0.3, 0.4) is 0 Å². The van der Waals surface area contributed by atoms with E-state index in [2.05, 4.69) is 5.10 Å². The number of aromatic nitrogens is 2. The predicted octanol–water partition coefficient (Wildman–Crippen LogP) is 1.61. The van der Waals surface area contributed by atoms with E-state index < -0.39 is 5.41 Å². The van der Waals surface area contributed by atoms with Gasteiger partial charge in [-0.1, -0.05) is 0 Å². The summed E-state index contributed by atoms with van der Waals surface area (Å²) < 4.78 is 1.90. The molecule has 2 N–H and O–H groups in total. The average molecular weight is 266 g/mol. The van der Waals surface area contributed by atoms with Gasteiger partial charge in [-0.15, -0.1) is 5.06 Å². The molecule has 0 aromatic carbocycles. The van der Waals surface area contributed by atoms with E-state index in [9.17, 15) is 4.79 Å². The van der Waals surface area contributed by atoms with Crippen molar-refractivity contribution in [3.05, 3.63) is 12.4 Å². The molecule has 0 unspecified atom stereocenters. The lowest BCUT2D eigenvalue weighted by Gasteiger charge is -2.32. The Bertz CT molecular complexity index is 442. The van der Waals surface area contributed by atoms with Crippen molar-refractivity contribution in [2.45, 2.75) is 39.7 Å². The summed E-state index contributed by atoms with van der Waals surface area (Å²) in [5, 5.41) is 5.98. The highest BCUT2D eigenvalue weighted by atomic mass is 16.7. The molecule has 1 saturated heterocycles. The zero-order chi connectivity index (χ0) is 14.0. The molecule has 0 saturated carbocycles. The molecule has 0 amide bonds. The summed E-state index contributed by atoms with van der Waals surface area (Å²) in [6, 6.07) is 0.335. The molecule has 1 aromatic rings. The fraction of sp³-hybridized carbons (Fsp3) is 0.692. The highest BCUT2D eigenvalue weighted by molar-refractivity contribution is 5.75. The van der Waals surface area contributed by atoms with Crippen LogP contribution >= 0.6 is 0 Å². The predicted molar refractivity (Wildman–Crippen MR) is 72.0 cm³/mol. The van der Waals surface area contributed by atoms with Gasteiger partial charge in [0.15, 0.2) is 0 Å². The normalized spacial score (nSPS) is 18.5. The molecule has 1 aliphatic rings. The number of hydroxylamine groups is 2. The van der Waals surface area contributed by atoms with Crippen molar-refractivity contribution < 1.29 is 9.63 Å². The minimum absolute atomic E-state index is 0.186. The van der Waals surface area contributed by atoms with Gasteiger partial charge in [0.2, 0.25) is 0 Å². The summed E-state index contributed by atoms with van der Waals surface area (Å²) in [6.45, 7) is 7.02. The maximum absolute atomic E-state index is 11.8. The Kier molecular flexibility index (Phi) is 3.80. The number of nitrogens with zero attached hydrogens (tertiary/aromatic N) is 3. The first-order chi connectivity index (χ1) is 8.86. The lowest BCUT2D eigenvalue weighted by atomic mass is 9.98. The summed E-state index contributed by atoms with van der Waals surface area (Å²) >= 11 is 0. The Balaban J connectivity index is 1.84. The van der Waals surface area contributed by atoms with Crippen LogP contribution in [0, 0.1) is 5.41 Å². The van der Waals surface area contributed by atoms with Gasteiger partial charge in [-0.2, -0.15) is 5.10 Å². The number of anilines is 1. The zero-order valence-electron chi connectivity index (χ0n) is 11.8. The third-order valence-electron chi connectivity index (χ3n) is 3.24. The Hall–Kier alpha value is -1.56. The molecule has 19 heavy (non-hydrogen) atoms. The zero-order valence-corrected chi connectivity index (χ0v) is 11.8. The van der Waals surface area contributed by atoms with E-state index in [0.29, 0.717) is 11.7 Å². The van der Waals surface area contributed by atoms with Crippen LogP contribution < -0.4 is 5.73 Å². The first-order valence-electron chi connectivity index (χ1n) is 6.63. The fourth-order valence-corrected chi connectivity index (χ4v) is 2.00. The maximum Gasteiger partial charge on any atom is 0.330 e. The summed E-state index contributed by atoms with van der Waals surface area (Å²) in [6.07, 6.45) is 5.31. The number of carbonyl (C=O) groups excluding carboxylic acids is 1. The van der Waals surface area contributed by atoms with Crippen molar-refractivity contribution in [2.24, 2.45) is 5.41 Å². The maximum atomic E-state index is 11.8. The summed E-state index contributed by atoms with van der Waals surface area (Å²) in [4.78, 5) is 17.2. The first kappa shape index (κ1) is 13.9. The van der Waals surface area contributed by atoms with Crippen molar-refractivity contribution >= 4 is 11.7 Å². The van der Waals surface area contributed by atoms with Crippen LogP contribution in [0.4, 0.5) is 5.69 Å². The summed E-state index contributed by atoms with van der Waals surface area (Å²) in [7, 11) is 0. The van der Waals surface area contributed by atoms with Crippen molar-refractivity contribution in [1.82, 2.24) is 14.8 Å². The van der Waals surface area contributed by atoms with Gasteiger partial charge in [0.1, 0.15) is 0 Å². The molecule has 106 valence electrons. The molecule has 2 rings (SSSR count). The molecule has 1 fully saturated rings. The van der Waals surface area contributed by atoms with Crippen molar-refractivity contribution in [3.8, 4) is 0 Å². The van der Waals surface area contributed by atoms with E-state index in [-0.39, 0.29) is 5.97 Å². The summed E-state index contributed by atoms with van der Waals surface area (Å²) in [5.74, 6) is -0.186. The van der Waals surface area contributed by atoms with Gasteiger partial charge in [-0.05, 0) is 33.6 Å². The van der Waals surface area contributed by atoms with Crippen LogP contribution in [-0.4, -0.2) is 33.9 Å². The number of rotatable bonds is 2. The number of nitrogens with two attached hydrogens (primary N) is 1. The number of hydrogen-bond acceptors (Lipinski definition) is 5. The second-order valence-electron chi connectivity index (χ2n) is 6.04. The van der Waals surface area contributed by atoms with E-state index in [1.54, 1.807) is 11.3 Å². The number of carbonyl (C=O) groups is 1. The van der Waals surface area contributed by atoms with Gasteiger partial charge in [0.25, 0.3) is 0 Å². The molecule has 0 bridgehead atoms. The topological polar surface area (TPSA) is 73.4 Å². The van der Waals surface area contributed by atoms with E-state index in [1.807, 2.05) is 31.6 Å². The number of nitrogen functional groups attached to an aromatic ring is 1. The largest absolute Gasteiger partial charge is 0.396 e. The second-order valence-corrected chi connectivity index (χ2v) is 6.04. The smallest absolute Gasteiger partial charge is 0.330 e.